The van der Waals surface area contributed by atoms with E-state index in [4.69, 9.17) is 4.43 Å². The largest absolute Gasteiger partial charge is 0.507 e. The number of halogens is 1. The first-order valence-corrected chi connectivity index (χ1v) is 18.3. The van der Waals surface area contributed by atoms with Crippen LogP contribution in [0.25, 0.3) is 0 Å². The maximum atomic E-state index is 13.2. The molecule has 2 aromatic rings. The number of aromatic hydroxyl groups is 1. The average molecular weight is 654 g/mol. The molecule has 0 amide bonds. The smallest absolute Gasteiger partial charge is 0.192 e. The van der Waals surface area contributed by atoms with Gasteiger partial charge in [0, 0.05) is 18.6 Å². The molecule has 1 unspecified atom stereocenters. The van der Waals surface area contributed by atoms with Gasteiger partial charge in [-0.1, -0.05) is 44.5 Å². The Bertz CT molecular complexity index is 1090. The highest BCUT2D eigenvalue weighted by molar-refractivity contribution is 14.1. The molecule has 0 aliphatic rings. The fourth-order valence-electron chi connectivity index (χ4n) is 3.84. The van der Waals surface area contributed by atoms with Gasteiger partial charge in [0.1, 0.15) is 16.7 Å². The summed E-state index contributed by atoms with van der Waals surface area (Å²) in [7, 11) is -3.30. The van der Waals surface area contributed by atoms with Gasteiger partial charge in [-0.05, 0) is 117 Å². The highest BCUT2D eigenvalue weighted by atomic mass is 127. The fourth-order valence-corrected chi connectivity index (χ4v) is 6.85. The summed E-state index contributed by atoms with van der Waals surface area (Å²) in [6.45, 7) is 15.3. The zero-order valence-electron chi connectivity index (χ0n) is 23.5. The lowest BCUT2D eigenvalue weighted by atomic mass is 9.99. The number of rotatable bonds is 13. The monoisotopic (exact) mass is 653 g/mol. The van der Waals surface area contributed by atoms with Crippen LogP contribution in [0.1, 0.15) is 70.9 Å². The number of aryl methyl sites for hydroxylation is 2. The van der Waals surface area contributed by atoms with Gasteiger partial charge in [0.15, 0.2) is 8.32 Å². The Hall–Kier alpha value is -1.18. The predicted molar refractivity (Wildman–Crippen MR) is 168 cm³/mol. The van der Waals surface area contributed by atoms with Crippen LogP contribution in [0, 0.1) is 22.3 Å². The third-order valence-electron chi connectivity index (χ3n) is 7.12. The van der Waals surface area contributed by atoms with Crippen molar-refractivity contribution < 1.29 is 13.7 Å². The van der Waals surface area contributed by atoms with Gasteiger partial charge in [0.2, 0.25) is 0 Å². The van der Waals surface area contributed by atoms with Crippen LogP contribution < -0.4 is 4.72 Å². The summed E-state index contributed by atoms with van der Waals surface area (Å²) in [5, 5.41) is 10.0. The molecule has 0 aliphatic heterocycles. The quantitative estimate of drug-likeness (QED) is 0.100. The molecule has 204 valence electrons. The van der Waals surface area contributed by atoms with Crippen LogP contribution in [-0.4, -0.2) is 29.8 Å². The third-order valence-corrected chi connectivity index (χ3v) is 13.8. The summed E-state index contributed by atoms with van der Waals surface area (Å²) in [6, 6.07) is 13.7. The molecule has 0 radical (unpaired) electrons. The molecule has 4 nitrogen and oxygen atoms in total. The van der Waals surface area contributed by atoms with Crippen LogP contribution in [0.2, 0.25) is 18.1 Å². The van der Waals surface area contributed by atoms with Gasteiger partial charge in [0.05, 0.1) is 8.47 Å². The predicted octanol–water partition coefficient (Wildman–Crippen LogP) is 7.89. The molecule has 0 aliphatic carbocycles. The normalized spacial score (nSPS) is 14.5. The van der Waals surface area contributed by atoms with Gasteiger partial charge in [-0.2, -0.15) is 0 Å². The number of phenols is 1. The van der Waals surface area contributed by atoms with Crippen LogP contribution in [-0.2, 0) is 21.8 Å². The Balaban J connectivity index is 2.24. The van der Waals surface area contributed by atoms with E-state index in [2.05, 4.69) is 73.0 Å². The molecule has 0 heterocycles. The van der Waals surface area contributed by atoms with E-state index in [0.717, 1.165) is 52.6 Å². The number of nitrogens with one attached hydrogen (secondary N) is 1. The average Bonchev–Trinajstić information content (AvgIpc) is 2.81. The minimum Gasteiger partial charge on any atom is -0.507 e. The number of hydrogen-bond donors (Lipinski definition) is 2. The van der Waals surface area contributed by atoms with E-state index >= 15 is 0 Å². The Labute approximate surface area is 242 Å². The van der Waals surface area contributed by atoms with E-state index in [0.29, 0.717) is 5.75 Å². The lowest BCUT2D eigenvalue weighted by molar-refractivity contribution is 0.149. The second kappa shape index (κ2) is 14.8. The Morgan fingerprint density at radius 1 is 1.14 bits per heavy atom. The molecule has 2 aromatic carbocycles. The van der Waals surface area contributed by atoms with E-state index in [-0.39, 0.29) is 17.2 Å². The zero-order chi connectivity index (χ0) is 27.6. The van der Waals surface area contributed by atoms with E-state index < -0.39 is 19.3 Å². The third kappa shape index (κ3) is 10.8. The SMILES string of the molecule is CC#CCCC[C@H](C[C@H](CCc1ccc(O)c(I)c1)O[Si](C)(C)C(C)(C)C)NS(=O)c1ccc(C)cc1. The van der Waals surface area contributed by atoms with Crippen molar-refractivity contribution in [2.75, 3.05) is 0 Å². The van der Waals surface area contributed by atoms with Gasteiger partial charge in [-0.25, -0.2) is 8.93 Å². The second-order valence-corrected chi connectivity index (χ2v) is 18.4. The fraction of sp³-hybridized carbons (Fsp3) is 0.533. The molecule has 37 heavy (non-hydrogen) atoms. The molecule has 0 fully saturated rings. The van der Waals surface area contributed by atoms with Crippen LogP contribution in [0.5, 0.6) is 5.75 Å². The van der Waals surface area contributed by atoms with Crippen molar-refractivity contribution in [1.29, 1.82) is 0 Å². The van der Waals surface area contributed by atoms with E-state index in [1.807, 2.05) is 50.2 Å². The molecule has 0 saturated heterocycles. The molecule has 3 atom stereocenters. The summed E-state index contributed by atoms with van der Waals surface area (Å²) in [5.74, 6) is 6.46. The van der Waals surface area contributed by atoms with E-state index in [1.165, 1.54) is 5.56 Å². The van der Waals surface area contributed by atoms with Crippen molar-refractivity contribution in [3.05, 3.63) is 57.2 Å². The number of hydrogen-bond acceptors (Lipinski definition) is 3. The minimum absolute atomic E-state index is 0.0390. The Morgan fingerprint density at radius 3 is 2.41 bits per heavy atom. The Kier molecular flexibility index (Phi) is 12.8. The van der Waals surface area contributed by atoms with Crippen molar-refractivity contribution >= 4 is 41.9 Å². The standard InChI is InChI=1S/C30H44INO3SSi/c1-8-9-10-11-12-25(32-36(34)27-18-13-23(2)14-19-27)22-26(35-37(6,7)30(3,4)5)17-15-24-16-20-29(33)28(31)21-24/h13-14,16,18-21,25-26,32-33H,10-12,15,17,22H2,1-7H3/t25-,26+,36?/m1/s1. The first kappa shape index (κ1) is 32.0. The van der Waals surface area contributed by atoms with Gasteiger partial charge in [0.25, 0.3) is 0 Å². The first-order chi connectivity index (χ1) is 17.3. The summed E-state index contributed by atoms with van der Waals surface area (Å²) in [5.41, 5.74) is 2.35. The summed E-state index contributed by atoms with van der Waals surface area (Å²) in [6.07, 6.45) is 5.25. The molecule has 2 rings (SSSR count). The second-order valence-electron chi connectivity index (χ2n) is 11.3. The molecule has 7 heteroatoms. The van der Waals surface area contributed by atoms with Crippen LogP contribution >= 0.6 is 22.6 Å². The van der Waals surface area contributed by atoms with Crippen LogP contribution in [0.15, 0.2) is 47.4 Å². The lowest BCUT2D eigenvalue weighted by Crippen LogP contribution is -2.46. The molecule has 0 aromatic heterocycles. The zero-order valence-corrected chi connectivity index (χ0v) is 27.5. The number of benzene rings is 2. The van der Waals surface area contributed by atoms with Gasteiger partial charge in [-0.3, -0.25) is 0 Å². The lowest BCUT2D eigenvalue weighted by Gasteiger charge is -2.40. The highest BCUT2D eigenvalue weighted by Crippen LogP contribution is 2.38. The maximum Gasteiger partial charge on any atom is 0.192 e. The minimum atomic E-state index is -2.01. The molecule has 0 saturated carbocycles. The topological polar surface area (TPSA) is 58.6 Å². The van der Waals surface area contributed by atoms with Gasteiger partial charge < -0.3 is 9.53 Å². The molecule has 0 spiro atoms. The highest BCUT2D eigenvalue weighted by Gasteiger charge is 2.39. The summed E-state index contributed by atoms with van der Waals surface area (Å²) in [4.78, 5) is 0.796. The van der Waals surface area contributed by atoms with Crippen molar-refractivity contribution in [3.63, 3.8) is 0 Å². The van der Waals surface area contributed by atoms with Gasteiger partial charge >= 0.3 is 0 Å². The van der Waals surface area contributed by atoms with Crippen molar-refractivity contribution in [2.24, 2.45) is 0 Å². The number of phenolic OH excluding ortho intramolecular Hbond substituents is 1. The molecular weight excluding hydrogens is 609 g/mol. The van der Waals surface area contributed by atoms with Crippen LogP contribution in [0.3, 0.4) is 0 Å². The van der Waals surface area contributed by atoms with Crippen molar-refractivity contribution in [3.8, 4) is 17.6 Å². The first-order valence-electron chi connectivity index (χ1n) is 13.1. The van der Waals surface area contributed by atoms with Crippen molar-refractivity contribution in [2.45, 2.75) is 108 Å². The van der Waals surface area contributed by atoms with Crippen LogP contribution in [0.4, 0.5) is 0 Å². The number of unbranched alkanes of at least 4 members (excludes halogenated alkanes) is 1. The summed E-state index contributed by atoms with van der Waals surface area (Å²) >= 11 is 2.17. The Morgan fingerprint density at radius 2 is 1.81 bits per heavy atom. The van der Waals surface area contributed by atoms with E-state index in [1.54, 1.807) is 6.07 Å². The summed E-state index contributed by atoms with van der Waals surface area (Å²) < 4.78 is 24.5. The molecule has 0 bridgehead atoms. The van der Waals surface area contributed by atoms with E-state index in [9.17, 15) is 9.32 Å². The van der Waals surface area contributed by atoms with Crippen molar-refractivity contribution in [1.82, 2.24) is 4.72 Å². The van der Waals surface area contributed by atoms with Gasteiger partial charge in [-0.15, -0.1) is 11.8 Å². The maximum absolute atomic E-state index is 13.2. The molecule has 2 N–H and O–H groups in total. The molecular formula is C30H44INO3SSi.